The lowest BCUT2D eigenvalue weighted by Gasteiger charge is -2.41. The van der Waals surface area contributed by atoms with Crippen LogP contribution in [0.5, 0.6) is 0 Å². The monoisotopic (exact) mass is 262 g/mol. The summed E-state index contributed by atoms with van der Waals surface area (Å²) in [6.45, 7) is 5.77. The van der Waals surface area contributed by atoms with Gasteiger partial charge in [-0.2, -0.15) is 0 Å². The van der Waals surface area contributed by atoms with Crippen LogP contribution in [0.3, 0.4) is 0 Å². The minimum atomic E-state index is -0.00660. The molecule has 1 aliphatic heterocycles. The van der Waals surface area contributed by atoms with Crippen molar-refractivity contribution in [3.63, 3.8) is 0 Å². The second-order valence-electron chi connectivity index (χ2n) is 5.71. The summed E-state index contributed by atoms with van der Waals surface area (Å²) in [5, 5.41) is 3.65. The molecule has 2 rings (SSSR count). The van der Waals surface area contributed by atoms with Crippen LogP contribution in [0.25, 0.3) is 0 Å². The SMILES string of the molecule is CCCC1CC(CN)(Nc2ccc(C)cc2)CCO1. The summed E-state index contributed by atoms with van der Waals surface area (Å²) in [5.41, 5.74) is 8.49. The third-order valence-electron chi connectivity index (χ3n) is 4.02. The quantitative estimate of drug-likeness (QED) is 0.857. The molecule has 2 unspecified atom stereocenters. The van der Waals surface area contributed by atoms with Gasteiger partial charge in [0.15, 0.2) is 0 Å². The molecule has 2 atom stereocenters. The number of anilines is 1. The average Bonchev–Trinajstić information content (AvgIpc) is 2.42. The number of ether oxygens (including phenoxy) is 1. The van der Waals surface area contributed by atoms with Crippen molar-refractivity contribution in [2.24, 2.45) is 5.73 Å². The van der Waals surface area contributed by atoms with Crippen molar-refractivity contribution >= 4 is 5.69 Å². The first-order chi connectivity index (χ1) is 9.17. The van der Waals surface area contributed by atoms with Crippen LogP contribution in [-0.4, -0.2) is 24.8 Å². The molecule has 3 N–H and O–H groups in total. The van der Waals surface area contributed by atoms with Crippen molar-refractivity contribution in [3.05, 3.63) is 29.8 Å². The van der Waals surface area contributed by atoms with Crippen molar-refractivity contribution in [2.75, 3.05) is 18.5 Å². The zero-order chi connectivity index (χ0) is 13.7. The Morgan fingerprint density at radius 1 is 1.37 bits per heavy atom. The van der Waals surface area contributed by atoms with Gasteiger partial charge in [0.25, 0.3) is 0 Å². The molecule has 1 aromatic rings. The first-order valence-corrected chi connectivity index (χ1v) is 7.34. The van der Waals surface area contributed by atoms with Gasteiger partial charge in [-0.05, 0) is 38.3 Å². The largest absolute Gasteiger partial charge is 0.378 e. The van der Waals surface area contributed by atoms with E-state index in [1.54, 1.807) is 0 Å². The normalized spacial score (nSPS) is 27.2. The molecule has 1 aliphatic rings. The van der Waals surface area contributed by atoms with Gasteiger partial charge >= 0.3 is 0 Å². The first-order valence-electron chi connectivity index (χ1n) is 7.34. The van der Waals surface area contributed by atoms with Crippen LogP contribution in [-0.2, 0) is 4.74 Å². The molecule has 3 nitrogen and oxygen atoms in total. The first kappa shape index (κ1) is 14.4. The van der Waals surface area contributed by atoms with Crippen molar-refractivity contribution < 1.29 is 4.74 Å². The van der Waals surface area contributed by atoms with E-state index in [4.69, 9.17) is 10.5 Å². The van der Waals surface area contributed by atoms with Crippen LogP contribution >= 0.6 is 0 Å². The van der Waals surface area contributed by atoms with Gasteiger partial charge < -0.3 is 15.8 Å². The lowest BCUT2D eigenvalue weighted by Crippen LogP contribution is -2.52. The molecule has 1 fully saturated rings. The molecular weight excluding hydrogens is 236 g/mol. The van der Waals surface area contributed by atoms with Gasteiger partial charge in [-0.1, -0.05) is 31.0 Å². The van der Waals surface area contributed by atoms with Crippen LogP contribution in [0.4, 0.5) is 5.69 Å². The molecule has 0 aromatic heterocycles. The van der Waals surface area contributed by atoms with Gasteiger partial charge in [0.1, 0.15) is 0 Å². The summed E-state index contributed by atoms with van der Waals surface area (Å²) in [5.74, 6) is 0. The highest BCUT2D eigenvalue weighted by atomic mass is 16.5. The van der Waals surface area contributed by atoms with Crippen LogP contribution in [0, 0.1) is 6.92 Å². The Hall–Kier alpha value is -1.06. The van der Waals surface area contributed by atoms with E-state index in [-0.39, 0.29) is 5.54 Å². The zero-order valence-electron chi connectivity index (χ0n) is 12.1. The number of nitrogens with two attached hydrogens (primary N) is 1. The van der Waals surface area contributed by atoms with E-state index in [1.807, 2.05) is 0 Å². The second-order valence-corrected chi connectivity index (χ2v) is 5.71. The number of hydrogen-bond acceptors (Lipinski definition) is 3. The smallest absolute Gasteiger partial charge is 0.0597 e. The van der Waals surface area contributed by atoms with Crippen LogP contribution < -0.4 is 11.1 Å². The Morgan fingerprint density at radius 2 is 2.11 bits per heavy atom. The predicted octanol–water partition coefficient (Wildman–Crippen LogP) is 3.08. The molecule has 0 radical (unpaired) electrons. The van der Waals surface area contributed by atoms with E-state index in [0.717, 1.165) is 38.0 Å². The summed E-state index contributed by atoms with van der Waals surface area (Å²) >= 11 is 0. The molecule has 0 spiro atoms. The zero-order valence-corrected chi connectivity index (χ0v) is 12.1. The molecule has 0 bridgehead atoms. The van der Waals surface area contributed by atoms with E-state index in [2.05, 4.69) is 43.4 Å². The summed E-state index contributed by atoms with van der Waals surface area (Å²) in [7, 11) is 0. The minimum absolute atomic E-state index is 0.00660. The highest BCUT2D eigenvalue weighted by Crippen LogP contribution is 2.30. The van der Waals surface area contributed by atoms with E-state index in [9.17, 15) is 0 Å². The van der Waals surface area contributed by atoms with Gasteiger partial charge in [-0.25, -0.2) is 0 Å². The molecule has 3 heteroatoms. The fourth-order valence-corrected chi connectivity index (χ4v) is 2.82. The molecule has 106 valence electrons. The fraction of sp³-hybridized carbons (Fsp3) is 0.625. The molecular formula is C16H26N2O. The lowest BCUT2D eigenvalue weighted by atomic mass is 9.85. The number of nitrogens with one attached hydrogen (secondary N) is 1. The minimum Gasteiger partial charge on any atom is -0.378 e. The van der Waals surface area contributed by atoms with E-state index in [0.29, 0.717) is 12.6 Å². The van der Waals surface area contributed by atoms with Crippen LogP contribution in [0.2, 0.25) is 0 Å². The van der Waals surface area contributed by atoms with Crippen molar-refractivity contribution in [3.8, 4) is 0 Å². The molecule has 19 heavy (non-hydrogen) atoms. The third kappa shape index (κ3) is 3.71. The summed E-state index contributed by atoms with van der Waals surface area (Å²) in [6.07, 6.45) is 4.62. The highest BCUT2D eigenvalue weighted by molar-refractivity contribution is 5.47. The van der Waals surface area contributed by atoms with Crippen molar-refractivity contribution in [1.29, 1.82) is 0 Å². The summed E-state index contributed by atoms with van der Waals surface area (Å²) in [6, 6.07) is 8.54. The van der Waals surface area contributed by atoms with Crippen molar-refractivity contribution in [2.45, 2.75) is 51.2 Å². The maximum Gasteiger partial charge on any atom is 0.0597 e. The van der Waals surface area contributed by atoms with Gasteiger partial charge in [0, 0.05) is 18.8 Å². The Bertz CT molecular complexity index is 388. The van der Waals surface area contributed by atoms with E-state index < -0.39 is 0 Å². The third-order valence-corrected chi connectivity index (χ3v) is 4.02. The average molecular weight is 262 g/mol. The topological polar surface area (TPSA) is 47.3 Å². The molecule has 1 aromatic carbocycles. The van der Waals surface area contributed by atoms with Gasteiger partial charge in [0.05, 0.1) is 11.6 Å². The summed E-state index contributed by atoms with van der Waals surface area (Å²) in [4.78, 5) is 0. The summed E-state index contributed by atoms with van der Waals surface area (Å²) < 4.78 is 5.84. The standard InChI is InChI=1S/C16H26N2O/c1-3-4-15-11-16(12-17,9-10-19-15)18-14-7-5-13(2)6-8-14/h5-8,15,18H,3-4,9-12,17H2,1-2H3. The lowest BCUT2D eigenvalue weighted by molar-refractivity contribution is -0.0155. The molecule has 0 aliphatic carbocycles. The highest BCUT2D eigenvalue weighted by Gasteiger charge is 2.35. The number of rotatable bonds is 5. The van der Waals surface area contributed by atoms with Crippen LogP contribution in [0.1, 0.15) is 38.2 Å². The Morgan fingerprint density at radius 3 is 2.74 bits per heavy atom. The maximum atomic E-state index is 6.06. The Labute approximate surface area is 116 Å². The number of aryl methyl sites for hydroxylation is 1. The Balaban J connectivity index is 2.06. The Kier molecular flexibility index (Phi) is 4.83. The fourth-order valence-electron chi connectivity index (χ4n) is 2.82. The van der Waals surface area contributed by atoms with Crippen molar-refractivity contribution in [1.82, 2.24) is 0 Å². The second kappa shape index (κ2) is 6.40. The number of hydrogen-bond donors (Lipinski definition) is 2. The van der Waals surface area contributed by atoms with E-state index in [1.165, 1.54) is 5.56 Å². The molecule has 0 amide bonds. The predicted molar refractivity (Wildman–Crippen MR) is 80.5 cm³/mol. The molecule has 1 saturated heterocycles. The van der Waals surface area contributed by atoms with Crippen LogP contribution in [0.15, 0.2) is 24.3 Å². The van der Waals surface area contributed by atoms with Gasteiger partial charge in [0.2, 0.25) is 0 Å². The maximum absolute atomic E-state index is 6.06. The van der Waals surface area contributed by atoms with E-state index >= 15 is 0 Å². The molecule has 1 heterocycles. The van der Waals surface area contributed by atoms with Gasteiger partial charge in [-0.3, -0.25) is 0 Å². The number of benzene rings is 1. The molecule has 0 saturated carbocycles. The van der Waals surface area contributed by atoms with Gasteiger partial charge in [-0.15, -0.1) is 0 Å².